The van der Waals surface area contributed by atoms with Crippen LogP contribution in [0.1, 0.15) is 37.8 Å². The van der Waals surface area contributed by atoms with Crippen LogP contribution in [0.4, 0.5) is 5.69 Å². The van der Waals surface area contributed by atoms with Crippen molar-refractivity contribution in [3.05, 3.63) is 29.8 Å². The van der Waals surface area contributed by atoms with Gasteiger partial charge in [0.25, 0.3) is 0 Å². The van der Waals surface area contributed by atoms with E-state index >= 15 is 0 Å². The van der Waals surface area contributed by atoms with Gasteiger partial charge in [0, 0.05) is 12.2 Å². The molecular weight excluding hydrogens is 254 g/mol. The van der Waals surface area contributed by atoms with E-state index in [1.165, 1.54) is 0 Å². The van der Waals surface area contributed by atoms with Crippen molar-refractivity contribution in [3.8, 4) is 0 Å². The molecule has 0 aromatic heterocycles. The first-order chi connectivity index (χ1) is 9.74. The van der Waals surface area contributed by atoms with Crippen molar-refractivity contribution in [1.29, 1.82) is 0 Å². The molecule has 3 unspecified atom stereocenters. The number of nitrogens with one attached hydrogen (secondary N) is 2. The van der Waals surface area contributed by atoms with Gasteiger partial charge in [0.05, 0.1) is 12.0 Å². The van der Waals surface area contributed by atoms with Crippen molar-refractivity contribution in [2.45, 2.75) is 38.5 Å². The summed E-state index contributed by atoms with van der Waals surface area (Å²) in [7, 11) is 0. The Kier molecular flexibility index (Phi) is 3.74. The second-order valence-electron chi connectivity index (χ2n) is 5.49. The number of amides is 1. The van der Waals surface area contributed by atoms with Gasteiger partial charge in [0.2, 0.25) is 5.91 Å². The van der Waals surface area contributed by atoms with Crippen LogP contribution in [0, 0.1) is 5.92 Å². The molecule has 20 heavy (non-hydrogen) atoms. The molecular formula is C15H21N3O2. The average molecular weight is 275 g/mol. The van der Waals surface area contributed by atoms with Gasteiger partial charge in [-0.2, -0.15) is 0 Å². The summed E-state index contributed by atoms with van der Waals surface area (Å²) >= 11 is 0. The predicted octanol–water partition coefficient (Wildman–Crippen LogP) is 1.31. The second kappa shape index (κ2) is 5.52. The fraction of sp³-hybridized carbons (Fsp3) is 0.533. The molecule has 1 fully saturated rings. The molecule has 0 bridgehead atoms. The largest absolute Gasteiger partial charge is 0.376 e. The molecule has 0 spiro atoms. The molecule has 3 rings (SSSR count). The first kappa shape index (κ1) is 13.5. The summed E-state index contributed by atoms with van der Waals surface area (Å²) in [5.74, 6) is -0.429. The van der Waals surface area contributed by atoms with E-state index in [1.54, 1.807) is 0 Å². The maximum atomic E-state index is 12.7. The molecule has 1 aromatic rings. The molecule has 1 aromatic carbocycles. The van der Waals surface area contributed by atoms with Crippen LogP contribution in [0.15, 0.2) is 24.3 Å². The summed E-state index contributed by atoms with van der Waals surface area (Å²) in [6.07, 6.45) is 2.40. The van der Waals surface area contributed by atoms with E-state index in [0.29, 0.717) is 0 Å². The number of unbranched alkanes of at least 4 members (excludes halogenated alkanes) is 2. The van der Waals surface area contributed by atoms with Crippen molar-refractivity contribution >= 4 is 11.6 Å². The molecule has 2 aliphatic rings. The number of hydrogen-bond acceptors (Lipinski definition) is 4. The van der Waals surface area contributed by atoms with Crippen molar-refractivity contribution in [2.75, 3.05) is 11.4 Å². The molecule has 0 radical (unpaired) electrons. The Morgan fingerprint density at radius 3 is 2.85 bits per heavy atom. The molecule has 1 amide bonds. The summed E-state index contributed by atoms with van der Waals surface area (Å²) in [4.78, 5) is 14.5. The smallest absolute Gasteiger partial charge is 0.236 e. The van der Waals surface area contributed by atoms with Gasteiger partial charge in [0.1, 0.15) is 6.23 Å². The van der Waals surface area contributed by atoms with E-state index in [9.17, 15) is 9.90 Å². The highest BCUT2D eigenvalue weighted by molar-refractivity contribution is 5.99. The topological polar surface area (TPSA) is 64.6 Å². The number of fused-ring (bicyclic) bond motifs is 3. The summed E-state index contributed by atoms with van der Waals surface area (Å²) in [5, 5.41) is 9.99. The zero-order valence-corrected chi connectivity index (χ0v) is 11.7. The molecule has 1 saturated heterocycles. The lowest BCUT2D eigenvalue weighted by atomic mass is 9.87. The fourth-order valence-electron chi connectivity index (χ4n) is 3.13. The first-order valence-electron chi connectivity index (χ1n) is 7.33. The minimum Gasteiger partial charge on any atom is -0.376 e. The average Bonchev–Trinajstić information content (AvgIpc) is 2.85. The highest BCUT2D eigenvalue weighted by Gasteiger charge is 2.47. The quantitative estimate of drug-likeness (QED) is 0.725. The number of anilines is 1. The van der Waals surface area contributed by atoms with Gasteiger partial charge in [-0.05, 0) is 18.1 Å². The number of hydrogen-bond donors (Lipinski definition) is 3. The van der Waals surface area contributed by atoms with Crippen molar-refractivity contribution in [3.63, 3.8) is 0 Å². The van der Waals surface area contributed by atoms with E-state index in [0.717, 1.165) is 37.1 Å². The number of carbonyl (C=O) groups is 1. The van der Waals surface area contributed by atoms with E-state index in [4.69, 9.17) is 0 Å². The highest BCUT2D eigenvalue weighted by atomic mass is 16.3. The van der Waals surface area contributed by atoms with Crippen molar-refractivity contribution < 1.29 is 9.90 Å². The Hall–Kier alpha value is -1.43. The minimum absolute atomic E-state index is 0.00908. The summed E-state index contributed by atoms with van der Waals surface area (Å²) in [6, 6.07) is 7.80. The van der Waals surface area contributed by atoms with Gasteiger partial charge in [-0.15, -0.1) is 0 Å². The molecule has 108 valence electrons. The third-order valence-electron chi connectivity index (χ3n) is 4.19. The highest BCUT2D eigenvalue weighted by Crippen LogP contribution is 2.40. The zero-order valence-electron chi connectivity index (χ0n) is 11.7. The Morgan fingerprint density at radius 2 is 2.05 bits per heavy atom. The lowest BCUT2D eigenvalue weighted by Crippen LogP contribution is -2.46. The predicted molar refractivity (Wildman–Crippen MR) is 76.8 cm³/mol. The molecule has 2 heterocycles. The maximum absolute atomic E-state index is 12.7. The molecule has 5 heteroatoms. The summed E-state index contributed by atoms with van der Waals surface area (Å²) < 4.78 is 0. The van der Waals surface area contributed by atoms with Crippen LogP contribution >= 0.6 is 0 Å². The van der Waals surface area contributed by atoms with Crippen molar-refractivity contribution in [1.82, 2.24) is 10.9 Å². The Bertz CT molecular complexity index is 506. The first-order valence-corrected chi connectivity index (χ1v) is 7.33. The van der Waals surface area contributed by atoms with Crippen LogP contribution in [0.2, 0.25) is 0 Å². The van der Waals surface area contributed by atoms with Gasteiger partial charge in [0.15, 0.2) is 0 Å². The van der Waals surface area contributed by atoms with Gasteiger partial charge < -0.3 is 10.0 Å². The van der Waals surface area contributed by atoms with Gasteiger partial charge in [-0.25, -0.2) is 10.9 Å². The molecule has 2 aliphatic heterocycles. The van der Waals surface area contributed by atoms with Crippen LogP contribution in [0.3, 0.4) is 0 Å². The van der Waals surface area contributed by atoms with E-state index in [1.807, 2.05) is 29.2 Å². The number of rotatable bonds is 4. The van der Waals surface area contributed by atoms with Crippen LogP contribution in [-0.2, 0) is 4.79 Å². The number of carbonyl (C=O) groups excluding carboxylic acids is 1. The standard InChI is InChI=1S/C15H21N3O2/c1-2-3-6-9-18-11-8-5-4-7-10(11)13-12(15(18)20)14(19)17-16-13/h4-5,7-8,12-14,16-17,19H,2-3,6,9H2,1H3. The van der Waals surface area contributed by atoms with E-state index < -0.39 is 12.1 Å². The second-order valence-corrected chi connectivity index (χ2v) is 5.49. The minimum atomic E-state index is -0.825. The van der Waals surface area contributed by atoms with Crippen LogP contribution < -0.4 is 15.8 Å². The van der Waals surface area contributed by atoms with E-state index in [-0.39, 0.29) is 11.9 Å². The third kappa shape index (κ3) is 2.12. The monoisotopic (exact) mass is 275 g/mol. The number of nitrogens with zero attached hydrogens (tertiary/aromatic N) is 1. The van der Waals surface area contributed by atoms with Crippen molar-refractivity contribution in [2.24, 2.45) is 5.92 Å². The van der Waals surface area contributed by atoms with E-state index in [2.05, 4.69) is 17.8 Å². The molecule has 3 atom stereocenters. The molecule has 5 nitrogen and oxygen atoms in total. The molecule has 0 saturated carbocycles. The Morgan fingerprint density at radius 1 is 1.25 bits per heavy atom. The number of aliphatic hydroxyl groups excluding tert-OH is 1. The Balaban J connectivity index is 1.93. The number of para-hydroxylation sites is 1. The summed E-state index contributed by atoms with van der Waals surface area (Å²) in [6.45, 7) is 2.87. The van der Waals surface area contributed by atoms with Crippen LogP contribution in [0.5, 0.6) is 0 Å². The van der Waals surface area contributed by atoms with Gasteiger partial charge in [-0.1, -0.05) is 38.0 Å². The van der Waals surface area contributed by atoms with Crippen LogP contribution in [-0.4, -0.2) is 23.8 Å². The maximum Gasteiger partial charge on any atom is 0.236 e. The van der Waals surface area contributed by atoms with Gasteiger partial charge >= 0.3 is 0 Å². The SMILES string of the molecule is CCCCCN1C(=O)C2C(O)NNC2c2ccccc21. The summed E-state index contributed by atoms with van der Waals surface area (Å²) in [5.41, 5.74) is 7.87. The lowest BCUT2D eigenvalue weighted by molar-refractivity contribution is -0.126. The number of benzene rings is 1. The normalized spacial score (nSPS) is 28.4. The third-order valence-corrected chi connectivity index (χ3v) is 4.19. The van der Waals surface area contributed by atoms with Crippen LogP contribution in [0.25, 0.3) is 0 Å². The lowest BCUT2D eigenvalue weighted by Gasteiger charge is -2.36. The fourth-order valence-corrected chi connectivity index (χ4v) is 3.13. The van der Waals surface area contributed by atoms with Gasteiger partial charge in [-0.3, -0.25) is 4.79 Å². The molecule has 0 aliphatic carbocycles. The number of hydrazine groups is 1. The number of aliphatic hydroxyl groups is 1. The zero-order chi connectivity index (χ0) is 14.1. The Labute approximate surface area is 118 Å². The molecule has 3 N–H and O–H groups in total.